The molecule has 30 heavy (non-hydrogen) atoms. The van der Waals surface area contributed by atoms with Crippen molar-refractivity contribution in [3.05, 3.63) is 70.7 Å². The molecule has 0 saturated carbocycles. The van der Waals surface area contributed by atoms with Crippen molar-refractivity contribution in [2.45, 2.75) is 19.4 Å². The number of hydrogen-bond acceptors (Lipinski definition) is 6. The van der Waals surface area contributed by atoms with E-state index < -0.39 is 0 Å². The standard InChI is InChI=1S/C22H22N4O3S/c1-29-18-9-7-15(8-10-18)11-19-24-25-22(30-19)23-21(28)17-12-20(27)26(14-17)13-16-5-3-2-4-6-16/h2-10,17H,11-14H2,1H3,(H,23,25,28)/t17-/m1/s1. The van der Waals surface area contributed by atoms with Gasteiger partial charge < -0.3 is 15.0 Å². The Bertz CT molecular complexity index is 1020. The van der Waals surface area contributed by atoms with Gasteiger partial charge in [-0.1, -0.05) is 53.8 Å². The SMILES string of the molecule is COc1ccc(Cc2nnc(NC(=O)[C@@H]3CC(=O)N(Cc4ccccc4)C3)s2)cc1. The number of likely N-dealkylation sites (tertiary alicyclic amines) is 1. The highest BCUT2D eigenvalue weighted by Gasteiger charge is 2.34. The van der Waals surface area contributed by atoms with E-state index in [1.54, 1.807) is 12.0 Å². The molecule has 0 bridgehead atoms. The van der Waals surface area contributed by atoms with Crippen molar-refractivity contribution in [3.63, 3.8) is 0 Å². The summed E-state index contributed by atoms with van der Waals surface area (Å²) in [4.78, 5) is 26.7. The van der Waals surface area contributed by atoms with Crippen LogP contribution in [0.25, 0.3) is 0 Å². The molecule has 1 saturated heterocycles. The third-order valence-corrected chi connectivity index (χ3v) is 5.85. The van der Waals surface area contributed by atoms with Crippen molar-refractivity contribution in [1.82, 2.24) is 15.1 Å². The van der Waals surface area contributed by atoms with E-state index in [1.165, 1.54) is 11.3 Å². The zero-order valence-corrected chi connectivity index (χ0v) is 17.4. The lowest BCUT2D eigenvalue weighted by molar-refractivity contribution is -0.128. The van der Waals surface area contributed by atoms with Gasteiger partial charge in [0.25, 0.3) is 0 Å². The second-order valence-electron chi connectivity index (χ2n) is 7.18. The van der Waals surface area contributed by atoms with E-state index >= 15 is 0 Å². The number of carbonyl (C=O) groups excluding carboxylic acids is 2. The van der Waals surface area contributed by atoms with Gasteiger partial charge in [0.2, 0.25) is 16.9 Å². The number of ether oxygens (including phenoxy) is 1. The Balaban J connectivity index is 1.32. The minimum Gasteiger partial charge on any atom is -0.497 e. The highest BCUT2D eigenvalue weighted by molar-refractivity contribution is 7.15. The van der Waals surface area contributed by atoms with Crippen LogP contribution in [0.2, 0.25) is 0 Å². The molecule has 1 aromatic heterocycles. The maximum Gasteiger partial charge on any atom is 0.231 e. The van der Waals surface area contributed by atoms with Gasteiger partial charge in [-0.15, -0.1) is 10.2 Å². The summed E-state index contributed by atoms with van der Waals surface area (Å²) in [5, 5.41) is 12.3. The van der Waals surface area contributed by atoms with Gasteiger partial charge in [0.15, 0.2) is 0 Å². The van der Waals surface area contributed by atoms with Crippen molar-refractivity contribution >= 4 is 28.3 Å². The van der Waals surface area contributed by atoms with Gasteiger partial charge in [-0.2, -0.15) is 0 Å². The third-order valence-electron chi connectivity index (χ3n) is 5.01. The number of anilines is 1. The Kier molecular flexibility index (Phi) is 6.04. The van der Waals surface area contributed by atoms with Crippen molar-refractivity contribution in [1.29, 1.82) is 0 Å². The van der Waals surface area contributed by atoms with Crippen LogP contribution in [0.5, 0.6) is 5.75 Å². The molecule has 2 amide bonds. The van der Waals surface area contributed by atoms with Crippen LogP contribution in [0.3, 0.4) is 0 Å². The van der Waals surface area contributed by atoms with E-state index in [2.05, 4.69) is 15.5 Å². The normalized spacial score (nSPS) is 16.0. The molecule has 0 unspecified atom stereocenters. The molecule has 0 spiro atoms. The van der Waals surface area contributed by atoms with Crippen molar-refractivity contribution < 1.29 is 14.3 Å². The summed E-state index contributed by atoms with van der Waals surface area (Å²) >= 11 is 1.35. The van der Waals surface area contributed by atoms with Crippen molar-refractivity contribution in [2.75, 3.05) is 19.0 Å². The first-order valence-corrected chi connectivity index (χ1v) is 10.5. The topological polar surface area (TPSA) is 84.4 Å². The van der Waals surface area contributed by atoms with Gasteiger partial charge in [0.05, 0.1) is 13.0 Å². The van der Waals surface area contributed by atoms with Crippen molar-refractivity contribution in [3.8, 4) is 5.75 Å². The Hall–Kier alpha value is -3.26. The fourth-order valence-electron chi connectivity index (χ4n) is 3.41. The van der Waals surface area contributed by atoms with Crippen molar-refractivity contribution in [2.24, 2.45) is 5.92 Å². The number of rotatable bonds is 7. The fraction of sp³-hybridized carbons (Fsp3) is 0.273. The first-order chi connectivity index (χ1) is 14.6. The number of nitrogens with one attached hydrogen (secondary N) is 1. The number of aromatic nitrogens is 2. The maximum absolute atomic E-state index is 12.6. The van der Waals surface area contributed by atoms with Crippen LogP contribution < -0.4 is 10.1 Å². The molecule has 0 aliphatic carbocycles. The molecule has 2 aromatic carbocycles. The van der Waals surface area contributed by atoms with Crippen LogP contribution in [0.15, 0.2) is 54.6 Å². The Labute approximate surface area is 178 Å². The summed E-state index contributed by atoms with van der Waals surface area (Å²) in [6.45, 7) is 0.936. The summed E-state index contributed by atoms with van der Waals surface area (Å²) in [7, 11) is 1.63. The van der Waals surface area contributed by atoms with Gasteiger partial charge in [-0.3, -0.25) is 9.59 Å². The molecule has 1 N–H and O–H groups in total. The smallest absolute Gasteiger partial charge is 0.231 e. The van der Waals surface area contributed by atoms with Gasteiger partial charge >= 0.3 is 0 Å². The van der Waals surface area contributed by atoms with Gasteiger partial charge in [0, 0.05) is 25.9 Å². The summed E-state index contributed by atoms with van der Waals surface area (Å²) in [5.74, 6) is 0.231. The Morgan fingerprint density at radius 1 is 1.13 bits per heavy atom. The summed E-state index contributed by atoms with van der Waals surface area (Å²) in [6.07, 6.45) is 0.848. The molecular formula is C22H22N4O3S. The van der Waals surface area contributed by atoms with Crippen LogP contribution in [0.4, 0.5) is 5.13 Å². The lowest BCUT2D eigenvalue weighted by atomic mass is 10.1. The number of nitrogens with zero attached hydrogens (tertiary/aromatic N) is 3. The zero-order chi connectivity index (χ0) is 20.9. The van der Waals surface area contributed by atoms with Gasteiger partial charge in [-0.25, -0.2) is 0 Å². The van der Waals surface area contributed by atoms with Crippen LogP contribution in [0.1, 0.15) is 22.6 Å². The highest BCUT2D eigenvalue weighted by atomic mass is 32.1. The second kappa shape index (κ2) is 9.04. The molecule has 7 nitrogen and oxygen atoms in total. The first kappa shape index (κ1) is 20.0. The molecule has 2 heterocycles. The zero-order valence-electron chi connectivity index (χ0n) is 16.6. The van der Waals surface area contributed by atoms with Crippen LogP contribution in [-0.2, 0) is 22.6 Å². The predicted molar refractivity (Wildman–Crippen MR) is 114 cm³/mol. The number of benzene rings is 2. The average molecular weight is 423 g/mol. The van der Waals surface area contributed by atoms with Gasteiger partial charge in [-0.05, 0) is 23.3 Å². The molecular weight excluding hydrogens is 400 g/mol. The number of hydrogen-bond donors (Lipinski definition) is 1. The molecule has 3 aromatic rings. The quantitative estimate of drug-likeness (QED) is 0.632. The van der Waals surface area contributed by atoms with Gasteiger partial charge in [0.1, 0.15) is 10.8 Å². The molecule has 1 aliphatic rings. The Morgan fingerprint density at radius 2 is 1.90 bits per heavy atom. The van der Waals surface area contributed by atoms with E-state index in [-0.39, 0.29) is 24.2 Å². The lowest BCUT2D eigenvalue weighted by Gasteiger charge is -2.16. The number of methoxy groups -OCH3 is 1. The number of amides is 2. The third kappa shape index (κ3) is 4.83. The Morgan fingerprint density at radius 3 is 2.63 bits per heavy atom. The maximum atomic E-state index is 12.6. The molecule has 4 rings (SSSR count). The van der Waals surface area contributed by atoms with Crippen LogP contribution >= 0.6 is 11.3 Å². The predicted octanol–water partition coefficient (Wildman–Crippen LogP) is 3.12. The molecule has 8 heteroatoms. The average Bonchev–Trinajstić information content (AvgIpc) is 3.35. The van der Waals surface area contributed by atoms with Crippen LogP contribution in [-0.4, -0.2) is 40.6 Å². The second-order valence-corrected chi connectivity index (χ2v) is 8.24. The molecule has 154 valence electrons. The minimum absolute atomic E-state index is 0.00328. The van der Waals surface area contributed by atoms with E-state index in [4.69, 9.17) is 4.74 Å². The van der Waals surface area contributed by atoms with E-state index in [9.17, 15) is 9.59 Å². The van der Waals surface area contributed by atoms with E-state index in [0.29, 0.717) is 24.6 Å². The molecule has 1 fully saturated rings. The molecule has 1 aliphatic heterocycles. The highest BCUT2D eigenvalue weighted by Crippen LogP contribution is 2.24. The van der Waals surface area contributed by atoms with E-state index in [1.807, 2.05) is 54.6 Å². The van der Waals surface area contributed by atoms with E-state index in [0.717, 1.165) is 21.9 Å². The molecule has 1 atom stereocenters. The largest absolute Gasteiger partial charge is 0.497 e. The monoisotopic (exact) mass is 422 g/mol. The number of carbonyl (C=O) groups is 2. The fourth-order valence-corrected chi connectivity index (χ4v) is 4.18. The summed E-state index contributed by atoms with van der Waals surface area (Å²) in [5.41, 5.74) is 2.14. The molecule has 0 radical (unpaired) electrons. The minimum atomic E-state index is -0.379. The summed E-state index contributed by atoms with van der Waals surface area (Å²) in [6, 6.07) is 17.5. The summed E-state index contributed by atoms with van der Waals surface area (Å²) < 4.78 is 5.16. The lowest BCUT2D eigenvalue weighted by Crippen LogP contribution is -2.28. The first-order valence-electron chi connectivity index (χ1n) is 9.68. The van der Waals surface area contributed by atoms with Crippen LogP contribution in [0, 0.1) is 5.92 Å².